The first-order chi connectivity index (χ1) is 18.2. The first-order valence-electron chi connectivity index (χ1n) is 12.7. The van der Waals surface area contributed by atoms with Crippen LogP contribution in [-0.4, -0.2) is 44.3 Å². The third kappa shape index (κ3) is 7.14. The molecule has 2 amide bonds. The number of para-hydroxylation sites is 1. The minimum Gasteiger partial charge on any atom is -0.354 e. The maximum atomic E-state index is 13.9. The summed E-state index contributed by atoms with van der Waals surface area (Å²) < 4.78 is 28.9. The summed E-state index contributed by atoms with van der Waals surface area (Å²) in [6, 6.07) is 21.4. The van der Waals surface area contributed by atoms with E-state index in [1.807, 2.05) is 32.0 Å². The molecule has 3 aromatic rings. The van der Waals surface area contributed by atoms with Crippen molar-refractivity contribution in [2.24, 2.45) is 0 Å². The monoisotopic (exact) mass is 555 g/mol. The van der Waals surface area contributed by atoms with E-state index in [0.29, 0.717) is 23.7 Å². The molecule has 38 heavy (non-hydrogen) atoms. The lowest BCUT2D eigenvalue weighted by Gasteiger charge is -2.32. The number of nitrogens with zero attached hydrogens (tertiary/aromatic N) is 2. The van der Waals surface area contributed by atoms with E-state index in [2.05, 4.69) is 5.32 Å². The van der Waals surface area contributed by atoms with Crippen molar-refractivity contribution in [2.75, 3.05) is 17.4 Å². The fraction of sp³-hybridized carbons (Fsp3) is 0.310. The van der Waals surface area contributed by atoms with Crippen LogP contribution in [0.25, 0.3) is 0 Å². The lowest BCUT2D eigenvalue weighted by Crippen LogP contribution is -2.51. The Morgan fingerprint density at radius 2 is 1.63 bits per heavy atom. The minimum absolute atomic E-state index is 0.0776. The average molecular weight is 556 g/mol. The summed E-state index contributed by atoms with van der Waals surface area (Å²) in [6.07, 6.45) is 1.32. The molecule has 3 rings (SSSR count). The lowest BCUT2D eigenvalue weighted by atomic mass is 10.1. The van der Waals surface area contributed by atoms with Crippen molar-refractivity contribution < 1.29 is 18.0 Å². The van der Waals surface area contributed by atoms with Crippen LogP contribution in [-0.2, 0) is 32.6 Å². The summed E-state index contributed by atoms with van der Waals surface area (Å²) in [5, 5.41) is 3.34. The summed E-state index contributed by atoms with van der Waals surface area (Å²) in [6.45, 7) is 5.61. The summed E-state index contributed by atoms with van der Waals surface area (Å²) in [7, 11) is -4.09. The van der Waals surface area contributed by atoms with Crippen molar-refractivity contribution in [3.63, 3.8) is 0 Å². The number of hydrogen-bond donors (Lipinski definition) is 1. The largest absolute Gasteiger partial charge is 0.354 e. The van der Waals surface area contributed by atoms with E-state index in [0.717, 1.165) is 21.9 Å². The Morgan fingerprint density at radius 1 is 0.947 bits per heavy atom. The standard InChI is InChI=1S/C29H34ClN3O4S/c1-4-18-31-29(35)22(3)32(20-23-12-11-14-25(30)19-23)28(34)21-33(27-17-10-9-13-24(27)5-2)38(36,37)26-15-7-6-8-16-26/h6-17,19,22H,4-5,18,20-21H2,1-3H3,(H,31,35)/t22-/m1/s1. The number of carbonyl (C=O) groups excluding carboxylic acids is 2. The molecule has 1 atom stereocenters. The number of halogens is 1. The van der Waals surface area contributed by atoms with E-state index in [1.54, 1.807) is 55.5 Å². The van der Waals surface area contributed by atoms with Crippen molar-refractivity contribution in [2.45, 2.75) is 51.1 Å². The molecule has 0 bridgehead atoms. The van der Waals surface area contributed by atoms with Gasteiger partial charge in [0.05, 0.1) is 10.6 Å². The molecule has 0 saturated carbocycles. The summed E-state index contributed by atoms with van der Waals surface area (Å²) >= 11 is 6.17. The van der Waals surface area contributed by atoms with Gasteiger partial charge in [0.15, 0.2) is 0 Å². The van der Waals surface area contributed by atoms with Crippen LogP contribution in [0.4, 0.5) is 5.69 Å². The molecule has 0 aliphatic rings. The van der Waals surface area contributed by atoms with Gasteiger partial charge in [-0.05, 0) is 61.2 Å². The zero-order valence-corrected chi connectivity index (χ0v) is 23.5. The van der Waals surface area contributed by atoms with E-state index in [1.165, 1.54) is 17.0 Å². The number of sulfonamides is 1. The normalized spacial score (nSPS) is 12.0. The topological polar surface area (TPSA) is 86.8 Å². The number of rotatable bonds is 12. The molecular weight excluding hydrogens is 522 g/mol. The van der Waals surface area contributed by atoms with Crippen LogP contribution in [0.5, 0.6) is 0 Å². The van der Waals surface area contributed by atoms with Crippen molar-refractivity contribution >= 4 is 39.1 Å². The smallest absolute Gasteiger partial charge is 0.264 e. The first-order valence-corrected chi connectivity index (χ1v) is 14.5. The molecule has 0 aliphatic carbocycles. The second-order valence-electron chi connectivity index (χ2n) is 8.93. The molecule has 9 heteroatoms. The van der Waals surface area contributed by atoms with Crippen LogP contribution >= 0.6 is 11.6 Å². The highest BCUT2D eigenvalue weighted by Gasteiger charge is 2.33. The van der Waals surface area contributed by atoms with Crippen LogP contribution in [0.3, 0.4) is 0 Å². The molecule has 0 heterocycles. The minimum atomic E-state index is -4.09. The van der Waals surface area contributed by atoms with Gasteiger partial charge >= 0.3 is 0 Å². The third-order valence-corrected chi connectivity index (χ3v) is 8.22. The predicted molar refractivity (Wildman–Crippen MR) is 152 cm³/mol. The number of benzene rings is 3. The number of anilines is 1. The second kappa shape index (κ2) is 13.4. The summed E-state index contributed by atoms with van der Waals surface area (Å²) in [5.41, 5.74) is 1.94. The Kier molecular flexibility index (Phi) is 10.3. The molecule has 0 aliphatic heterocycles. The van der Waals surface area contributed by atoms with Crippen LogP contribution in [0.2, 0.25) is 5.02 Å². The Morgan fingerprint density at radius 3 is 2.29 bits per heavy atom. The third-order valence-electron chi connectivity index (χ3n) is 6.21. The van der Waals surface area contributed by atoms with Gasteiger partial charge in [0, 0.05) is 18.1 Å². The maximum Gasteiger partial charge on any atom is 0.264 e. The highest BCUT2D eigenvalue weighted by atomic mass is 35.5. The van der Waals surface area contributed by atoms with Crippen LogP contribution < -0.4 is 9.62 Å². The van der Waals surface area contributed by atoms with Gasteiger partial charge in [-0.2, -0.15) is 0 Å². The Labute approximate surface area is 230 Å². The maximum absolute atomic E-state index is 13.9. The van der Waals surface area contributed by atoms with E-state index < -0.39 is 28.5 Å². The van der Waals surface area contributed by atoms with Crippen LogP contribution in [0.15, 0.2) is 83.8 Å². The van der Waals surface area contributed by atoms with Crippen molar-refractivity contribution in [3.8, 4) is 0 Å². The fourth-order valence-corrected chi connectivity index (χ4v) is 5.78. The Hall–Kier alpha value is -3.36. The van der Waals surface area contributed by atoms with Crippen molar-refractivity contribution in [1.29, 1.82) is 0 Å². The first kappa shape index (κ1) is 29.2. The van der Waals surface area contributed by atoms with E-state index in [9.17, 15) is 18.0 Å². The Bertz CT molecular complexity index is 1350. The number of amides is 2. The van der Waals surface area contributed by atoms with Gasteiger partial charge < -0.3 is 10.2 Å². The van der Waals surface area contributed by atoms with Gasteiger partial charge in [-0.3, -0.25) is 13.9 Å². The zero-order valence-electron chi connectivity index (χ0n) is 21.9. The number of hydrogen-bond acceptors (Lipinski definition) is 4. The molecule has 0 saturated heterocycles. The summed E-state index contributed by atoms with van der Waals surface area (Å²) in [5.74, 6) is -0.816. The van der Waals surface area contributed by atoms with E-state index in [4.69, 9.17) is 11.6 Å². The fourth-order valence-electron chi connectivity index (χ4n) is 4.10. The Balaban J connectivity index is 2.04. The molecule has 0 radical (unpaired) electrons. The predicted octanol–water partition coefficient (Wildman–Crippen LogP) is 5.04. The molecular formula is C29H34ClN3O4S. The van der Waals surface area contributed by atoms with E-state index >= 15 is 0 Å². The highest BCUT2D eigenvalue weighted by Crippen LogP contribution is 2.28. The van der Waals surface area contributed by atoms with Gasteiger partial charge in [0.1, 0.15) is 12.6 Å². The van der Waals surface area contributed by atoms with Gasteiger partial charge in [0.25, 0.3) is 10.0 Å². The van der Waals surface area contributed by atoms with Crippen LogP contribution in [0.1, 0.15) is 38.3 Å². The number of aryl methyl sites for hydroxylation is 1. The van der Waals surface area contributed by atoms with Gasteiger partial charge in [-0.15, -0.1) is 0 Å². The molecule has 202 valence electrons. The quantitative estimate of drug-likeness (QED) is 0.339. The average Bonchev–Trinajstić information content (AvgIpc) is 2.93. The SMILES string of the molecule is CCCNC(=O)[C@@H](C)N(Cc1cccc(Cl)c1)C(=O)CN(c1ccccc1CC)S(=O)(=O)c1ccccc1. The summed E-state index contributed by atoms with van der Waals surface area (Å²) in [4.78, 5) is 28.3. The second-order valence-corrected chi connectivity index (χ2v) is 11.2. The van der Waals surface area contributed by atoms with Crippen molar-refractivity contribution in [3.05, 3.63) is 95.0 Å². The van der Waals surface area contributed by atoms with Gasteiger partial charge in [-0.25, -0.2) is 8.42 Å². The molecule has 0 aromatic heterocycles. The molecule has 0 spiro atoms. The molecule has 3 aromatic carbocycles. The molecule has 1 N–H and O–H groups in total. The molecule has 7 nitrogen and oxygen atoms in total. The number of nitrogens with one attached hydrogen (secondary N) is 1. The van der Waals surface area contributed by atoms with Gasteiger partial charge in [0.2, 0.25) is 11.8 Å². The molecule has 0 fully saturated rings. The van der Waals surface area contributed by atoms with Crippen molar-refractivity contribution in [1.82, 2.24) is 10.2 Å². The van der Waals surface area contributed by atoms with Crippen LogP contribution in [0, 0.1) is 0 Å². The zero-order chi connectivity index (χ0) is 27.7. The highest BCUT2D eigenvalue weighted by molar-refractivity contribution is 7.92. The van der Waals surface area contributed by atoms with E-state index in [-0.39, 0.29) is 17.3 Å². The lowest BCUT2D eigenvalue weighted by molar-refractivity contribution is -0.139. The molecule has 0 unspecified atom stereocenters. The van der Waals surface area contributed by atoms with Gasteiger partial charge in [-0.1, -0.05) is 74.0 Å². The number of carbonyl (C=O) groups is 2.